The number of esters is 1. The van der Waals surface area contributed by atoms with Crippen LogP contribution in [-0.4, -0.2) is 81.4 Å². The van der Waals surface area contributed by atoms with Gasteiger partial charge in [-0.2, -0.15) is 0 Å². The lowest BCUT2D eigenvalue weighted by molar-refractivity contribution is -0.312. The van der Waals surface area contributed by atoms with Crippen LogP contribution >= 0.6 is 0 Å². The third kappa shape index (κ3) is 11.6. The predicted octanol–water partition coefficient (Wildman–Crippen LogP) is 11.3. The van der Waals surface area contributed by atoms with Gasteiger partial charge in [-0.1, -0.05) is 97.9 Å². The summed E-state index contributed by atoms with van der Waals surface area (Å²) in [5, 5.41) is 0. The second-order valence-electron chi connectivity index (χ2n) is 19.6. The van der Waals surface area contributed by atoms with E-state index in [2.05, 4.69) is 106 Å². The first-order chi connectivity index (χ1) is 27.1. The van der Waals surface area contributed by atoms with E-state index in [-0.39, 0.29) is 54.6 Å². The molecule has 0 spiro atoms. The summed E-state index contributed by atoms with van der Waals surface area (Å²) in [5.41, 5.74) is 1.49. The molecule has 1 aromatic carbocycles. The lowest BCUT2D eigenvalue weighted by Gasteiger charge is -2.56. The van der Waals surface area contributed by atoms with Gasteiger partial charge < -0.3 is 32.8 Å². The summed E-state index contributed by atoms with van der Waals surface area (Å²) in [6.07, 6.45) is 12.3. The molecule has 4 aliphatic rings. The maximum atomic E-state index is 14.3. The Labute approximate surface area is 348 Å². The quantitative estimate of drug-likeness (QED) is 0.0591. The monoisotopic (exact) mass is 813 g/mol. The number of rotatable bonds is 19. The molecular weight excluding hydrogens is 733 g/mol. The number of ether oxygens (including phenoxy) is 6. The molecule has 5 rings (SSSR count). The SMILES string of the molecule is C/C=C\CC[C@@H]1O[C@]2(C)C[C@]3(C)OCCCC[C@H]3O[C@H]2C[C@H]1OC(=O)C[C@@H](C[C@@H]1C[C@@H](C)[C@@H]([C@@H](C)CCOCc2ccccc2)O1)O[Si](C(C)C)(C(C)C)C(C)C. The van der Waals surface area contributed by atoms with E-state index < -0.39 is 20.0 Å². The Morgan fingerprint density at radius 2 is 1.67 bits per heavy atom. The lowest BCUT2D eigenvalue weighted by Crippen LogP contribution is -2.66. The first-order valence-corrected chi connectivity index (χ1v) is 25.0. The molecule has 0 amide bonds. The highest BCUT2D eigenvalue weighted by Crippen LogP contribution is 2.49. The van der Waals surface area contributed by atoms with Crippen LogP contribution in [0, 0.1) is 11.8 Å². The van der Waals surface area contributed by atoms with Gasteiger partial charge in [0.25, 0.3) is 0 Å². The second kappa shape index (κ2) is 20.8. The smallest absolute Gasteiger partial charge is 0.308 e. The molecule has 9 heteroatoms. The first-order valence-electron chi connectivity index (χ1n) is 22.8. The van der Waals surface area contributed by atoms with Crippen molar-refractivity contribution in [2.45, 2.75) is 224 Å². The van der Waals surface area contributed by atoms with Crippen molar-refractivity contribution in [2.75, 3.05) is 13.2 Å². The largest absolute Gasteiger partial charge is 0.459 e. The minimum atomic E-state index is -2.33. The molecule has 8 nitrogen and oxygen atoms in total. The van der Waals surface area contributed by atoms with Crippen LogP contribution in [-0.2, 0) is 44.2 Å². The molecule has 0 radical (unpaired) electrons. The van der Waals surface area contributed by atoms with Gasteiger partial charge in [-0.05, 0) is 106 Å². The van der Waals surface area contributed by atoms with Crippen LogP contribution < -0.4 is 0 Å². The number of hydrogen-bond acceptors (Lipinski definition) is 8. The number of carbonyl (C=O) groups is 1. The zero-order valence-electron chi connectivity index (χ0n) is 37.6. The predicted molar refractivity (Wildman–Crippen MR) is 231 cm³/mol. The van der Waals surface area contributed by atoms with Gasteiger partial charge in [-0.15, -0.1) is 0 Å². The van der Waals surface area contributed by atoms with Crippen LogP contribution in [0.25, 0.3) is 0 Å². The van der Waals surface area contributed by atoms with Gasteiger partial charge in [-0.3, -0.25) is 4.79 Å². The van der Waals surface area contributed by atoms with Crippen LogP contribution in [0.15, 0.2) is 42.5 Å². The zero-order chi connectivity index (χ0) is 41.4. The van der Waals surface area contributed by atoms with Crippen LogP contribution in [0.2, 0.25) is 16.6 Å². The maximum absolute atomic E-state index is 14.3. The Kier molecular flexibility index (Phi) is 16.9. The molecule has 1 aromatic rings. The molecule has 0 aromatic heterocycles. The summed E-state index contributed by atoms with van der Waals surface area (Å²) in [5.74, 6) is 0.565. The highest BCUT2D eigenvalue weighted by atomic mass is 28.4. The molecular formula is C48H80O8Si. The Morgan fingerprint density at radius 3 is 2.35 bits per heavy atom. The summed E-state index contributed by atoms with van der Waals surface area (Å²) in [6.45, 7) is 27.0. The minimum Gasteiger partial charge on any atom is -0.459 e. The Morgan fingerprint density at radius 1 is 0.947 bits per heavy atom. The standard InChI is InChI=1S/C48H80O8Si/c1-12-13-15-22-41-42(30-44-48(11,55-41)32-47(10)43(54-44)23-18-19-25-51-47)53-45(49)29-40(56-57(33(2)3,34(4)5)35(6)7)28-39-27-37(9)46(52-39)36(8)24-26-50-31-38-20-16-14-17-21-38/h12-14,16-17,20-21,33-37,39-44,46H,15,18-19,22-32H2,1-11H3/b13-12-/t36-,37+,39-,40+,41-,42+,43+,44-,46+,47-,48+/m0/s1. The van der Waals surface area contributed by atoms with Gasteiger partial charge in [0.2, 0.25) is 8.32 Å². The van der Waals surface area contributed by atoms with Crippen molar-refractivity contribution in [3.05, 3.63) is 48.0 Å². The third-order valence-electron chi connectivity index (χ3n) is 14.0. The lowest BCUT2D eigenvalue weighted by atomic mass is 9.74. The fraction of sp³-hybridized carbons (Fsp3) is 0.812. The molecule has 0 aliphatic carbocycles. The summed E-state index contributed by atoms with van der Waals surface area (Å²) in [6, 6.07) is 10.4. The Balaban J connectivity index is 1.28. The van der Waals surface area contributed by atoms with Crippen molar-refractivity contribution in [2.24, 2.45) is 11.8 Å². The van der Waals surface area contributed by atoms with E-state index in [1.54, 1.807) is 0 Å². The summed E-state index contributed by atoms with van der Waals surface area (Å²) >= 11 is 0. The normalized spacial score (nSPS) is 33.3. The van der Waals surface area contributed by atoms with E-state index in [1.807, 2.05) is 13.0 Å². The molecule has 0 bridgehead atoms. The highest BCUT2D eigenvalue weighted by molar-refractivity contribution is 6.77. The van der Waals surface area contributed by atoms with E-state index >= 15 is 0 Å². The third-order valence-corrected chi connectivity index (χ3v) is 20.2. The Hall–Kier alpha value is -1.59. The van der Waals surface area contributed by atoms with Crippen molar-refractivity contribution >= 4 is 14.3 Å². The van der Waals surface area contributed by atoms with Gasteiger partial charge in [0.05, 0.1) is 60.9 Å². The maximum Gasteiger partial charge on any atom is 0.308 e. The van der Waals surface area contributed by atoms with Crippen LogP contribution in [0.3, 0.4) is 0 Å². The summed E-state index contributed by atoms with van der Waals surface area (Å²) in [7, 11) is -2.33. The first kappa shape index (κ1) is 46.5. The van der Waals surface area contributed by atoms with Gasteiger partial charge >= 0.3 is 5.97 Å². The summed E-state index contributed by atoms with van der Waals surface area (Å²) < 4.78 is 47.3. The molecule has 0 saturated carbocycles. The average Bonchev–Trinajstić information content (AvgIpc) is 3.41. The van der Waals surface area contributed by atoms with E-state index in [0.29, 0.717) is 54.5 Å². The average molecular weight is 813 g/mol. The van der Waals surface area contributed by atoms with Crippen LogP contribution in [0.1, 0.15) is 152 Å². The zero-order valence-corrected chi connectivity index (χ0v) is 38.6. The molecule has 11 atom stereocenters. The fourth-order valence-electron chi connectivity index (χ4n) is 11.2. The minimum absolute atomic E-state index is 0.0127. The van der Waals surface area contributed by atoms with Crippen LogP contribution in [0.5, 0.6) is 0 Å². The van der Waals surface area contributed by atoms with Gasteiger partial charge in [-0.25, -0.2) is 0 Å². The number of fused-ring (bicyclic) bond motifs is 2. The van der Waals surface area contributed by atoms with Crippen molar-refractivity contribution in [3.63, 3.8) is 0 Å². The number of benzene rings is 1. The molecule has 4 saturated heterocycles. The fourth-order valence-corrected chi connectivity index (χ4v) is 16.8. The topological polar surface area (TPSA) is 81.7 Å². The molecule has 0 N–H and O–H groups in total. The molecule has 0 unspecified atom stereocenters. The number of allylic oxidation sites excluding steroid dienone is 2. The van der Waals surface area contributed by atoms with Crippen LogP contribution in [0.4, 0.5) is 0 Å². The van der Waals surface area contributed by atoms with E-state index in [9.17, 15) is 4.79 Å². The second-order valence-corrected chi connectivity index (χ2v) is 25.0. The van der Waals surface area contributed by atoms with Gasteiger partial charge in [0, 0.05) is 26.1 Å². The van der Waals surface area contributed by atoms with Crippen molar-refractivity contribution in [1.29, 1.82) is 0 Å². The number of hydrogen-bond donors (Lipinski definition) is 0. The Bertz CT molecular complexity index is 1380. The highest BCUT2D eigenvalue weighted by Gasteiger charge is 2.58. The molecule has 324 valence electrons. The summed E-state index contributed by atoms with van der Waals surface area (Å²) in [4.78, 5) is 14.3. The molecule has 4 aliphatic heterocycles. The van der Waals surface area contributed by atoms with E-state index in [4.69, 9.17) is 32.8 Å². The number of carbonyl (C=O) groups excluding carboxylic acids is 1. The van der Waals surface area contributed by atoms with Crippen molar-refractivity contribution < 1.29 is 37.6 Å². The van der Waals surface area contributed by atoms with E-state index in [1.165, 1.54) is 5.56 Å². The molecule has 57 heavy (non-hydrogen) atoms. The molecule has 4 fully saturated rings. The van der Waals surface area contributed by atoms with Gasteiger partial charge in [0.15, 0.2) is 0 Å². The van der Waals surface area contributed by atoms with E-state index in [0.717, 1.165) is 58.0 Å². The van der Waals surface area contributed by atoms with Crippen molar-refractivity contribution in [3.8, 4) is 0 Å². The van der Waals surface area contributed by atoms with Gasteiger partial charge in [0.1, 0.15) is 6.10 Å². The molecule has 4 heterocycles. The van der Waals surface area contributed by atoms with Crippen molar-refractivity contribution in [1.82, 2.24) is 0 Å².